The maximum Gasteiger partial charge on any atom is 0.0253 e. The number of fused-ring (bicyclic) bond motifs is 1. The second-order valence-corrected chi connectivity index (χ2v) is 5.62. The molecule has 0 spiro atoms. The standard InChI is InChI=1S/C15H16BrN/c16-15-9-8-11(10-17-12-4-3-5-12)13-6-1-2-7-14(13)15/h1-2,6-9,12,17H,3-5,10H2. The van der Waals surface area contributed by atoms with E-state index in [0.717, 1.165) is 12.6 Å². The van der Waals surface area contributed by atoms with E-state index in [1.54, 1.807) is 0 Å². The molecule has 1 N–H and O–H groups in total. The Kier molecular flexibility index (Phi) is 3.17. The van der Waals surface area contributed by atoms with E-state index in [1.807, 2.05) is 0 Å². The van der Waals surface area contributed by atoms with Gasteiger partial charge < -0.3 is 5.32 Å². The Hall–Kier alpha value is -0.860. The van der Waals surface area contributed by atoms with Crippen LogP contribution >= 0.6 is 15.9 Å². The zero-order valence-corrected chi connectivity index (χ0v) is 11.3. The molecule has 0 radical (unpaired) electrons. The predicted molar refractivity (Wildman–Crippen MR) is 76.1 cm³/mol. The minimum Gasteiger partial charge on any atom is -0.310 e. The van der Waals surface area contributed by atoms with E-state index >= 15 is 0 Å². The highest BCUT2D eigenvalue weighted by molar-refractivity contribution is 9.10. The molecule has 2 aromatic carbocycles. The Morgan fingerprint density at radius 2 is 1.82 bits per heavy atom. The van der Waals surface area contributed by atoms with Crippen molar-refractivity contribution in [1.29, 1.82) is 0 Å². The average molecular weight is 290 g/mol. The Labute approximate surface area is 110 Å². The summed E-state index contributed by atoms with van der Waals surface area (Å²) in [5.41, 5.74) is 1.40. The van der Waals surface area contributed by atoms with E-state index in [2.05, 4.69) is 57.6 Å². The van der Waals surface area contributed by atoms with Crippen molar-refractivity contribution in [3.05, 3.63) is 46.4 Å². The van der Waals surface area contributed by atoms with E-state index in [9.17, 15) is 0 Å². The summed E-state index contributed by atoms with van der Waals surface area (Å²) < 4.78 is 1.18. The van der Waals surface area contributed by atoms with Crippen molar-refractivity contribution in [2.75, 3.05) is 0 Å². The van der Waals surface area contributed by atoms with Crippen LogP contribution in [0.3, 0.4) is 0 Å². The highest BCUT2D eigenvalue weighted by Gasteiger charge is 2.16. The molecule has 17 heavy (non-hydrogen) atoms. The summed E-state index contributed by atoms with van der Waals surface area (Å²) in [7, 11) is 0. The van der Waals surface area contributed by atoms with Crippen LogP contribution in [0.15, 0.2) is 40.9 Å². The molecule has 1 aliphatic rings. The van der Waals surface area contributed by atoms with Gasteiger partial charge in [-0.1, -0.05) is 52.7 Å². The number of rotatable bonds is 3. The van der Waals surface area contributed by atoms with Crippen molar-refractivity contribution in [2.45, 2.75) is 31.8 Å². The molecule has 0 heterocycles. The molecule has 0 unspecified atom stereocenters. The highest BCUT2D eigenvalue weighted by atomic mass is 79.9. The molecule has 2 aromatic rings. The van der Waals surface area contributed by atoms with Crippen LogP contribution in [0.5, 0.6) is 0 Å². The van der Waals surface area contributed by atoms with Crippen LogP contribution in [0.1, 0.15) is 24.8 Å². The number of hydrogen-bond donors (Lipinski definition) is 1. The van der Waals surface area contributed by atoms with E-state index in [-0.39, 0.29) is 0 Å². The first-order valence-corrected chi connectivity index (χ1v) is 7.03. The maximum absolute atomic E-state index is 3.63. The minimum atomic E-state index is 0.748. The molecule has 1 saturated carbocycles. The van der Waals surface area contributed by atoms with Crippen LogP contribution in [0, 0.1) is 0 Å². The van der Waals surface area contributed by atoms with Crippen molar-refractivity contribution < 1.29 is 0 Å². The molecule has 0 amide bonds. The Bertz CT molecular complexity index is 531. The third-order valence-corrected chi connectivity index (χ3v) is 4.34. The van der Waals surface area contributed by atoms with Crippen molar-refractivity contribution in [2.24, 2.45) is 0 Å². The first-order chi connectivity index (χ1) is 8.34. The maximum atomic E-state index is 3.63. The lowest BCUT2D eigenvalue weighted by Gasteiger charge is -2.26. The normalized spacial score (nSPS) is 16.1. The molecule has 0 saturated heterocycles. The molecular weight excluding hydrogens is 274 g/mol. The van der Waals surface area contributed by atoms with Gasteiger partial charge in [-0.2, -0.15) is 0 Å². The second-order valence-electron chi connectivity index (χ2n) is 4.76. The fourth-order valence-electron chi connectivity index (χ4n) is 2.35. The fourth-order valence-corrected chi connectivity index (χ4v) is 2.82. The van der Waals surface area contributed by atoms with Gasteiger partial charge in [-0.15, -0.1) is 0 Å². The number of halogens is 1. The van der Waals surface area contributed by atoms with Gasteiger partial charge in [0.25, 0.3) is 0 Å². The zero-order chi connectivity index (χ0) is 11.7. The summed E-state index contributed by atoms with van der Waals surface area (Å²) in [6.07, 6.45) is 4.07. The Morgan fingerprint density at radius 1 is 1.06 bits per heavy atom. The van der Waals surface area contributed by atoms with Crippen molar-refractivity contribution in [3.8, 4) is 0 Å². The van der Waals surface area contributed by atoms with Gasteiger partial charge in [-0.25, -0.2) is 0 Å². The molecule has 2 heteroatoms. The molecule has 88 valence electrons. The van der Waals surface area contributed by atoms with Gasteiger partial charge in [0, 0.05) is 17.1 Å². The molecule has 0 aliphatic heterocycles. The second kappa shape index (κ2) is 4.79. The van der Waals surface area contributed by atoms with E-state index in [4.69, 9.17) is 0 Å². The first kappa shape index (κ1) is 11.2. The minimum absolute atomic E-state index is 0.748. The van der Waals surface area contributed by atoms with Gasteiger partial charge in [0.1, 0.15) is 0 Å². The third-order valence-electron chi connectivity index (χ3n) is 3.65. The molecular formula is C15H16BrN. The van der Waals surface area contributed by atoms with Crippen molar-refractivity contribution in [3.63, 3.8) is 0 Å². The predicted octanol–water partition coefficient (Wildman–Crippen LogP) is 4.24. The van der Waals surface area contributed by atoms with Gasteiger partial charge in [-0.3, -0.25) is 0 Å². The zero-order valence-electron chi connectivity index (χ0n) is 9.75. The largest absolute Gasteiger partial charge is 0.310 e. The quantitative estimate of drug-likeness (QED) is 0.891. The molecule has 1 fully saturated rings. The van der Waals surface area contributed by atoms with Gasteiger partial charge >= 0.3 is 0 Å². The molecule has 1 nitrogen and oxygen atoms in total. The highest BCUT2D eigenvalue weighted by Crippen LogP contribution is 2.27. The van der Waals surface area contributed by atoms with Gasteiger partial charge in [0.15, 0.2) is 0 Å². The first-order valence-electron chi connectivity index (χ1n) is 6.24. The summed E-state index contributed by atoms with van der Waals surface area (Å²) in [6, 6.07) is 13.7. The van der Waals surface area contributed by atoms with Crippen LogP contribution < -0.4 is 5.32 Å². The SMILES string of the molecule is Brc1ccc(CNC2CCC2)c2ccccc12. The lowest BCUT2D eigenvalue weighted by atomic mass is 9.93. The summed E-state index contributed by atoms with van der Waals surface area (Å²) in [6.45, 7) is 0.985. The van der Waals surface area contributed by atoms with Crippen LogP contribution in [0.2, 0.25) is 0 Å². The molecule has 3 rings (SSSR count). The average Bonchev–Trinajstić information content (AvgIpc) is 2.30. The molecule has 1 aliphatic carbocycles. The van der Waals surface area contributed by atoms with E-state index < -0.39 is 0 Å². The topological polar surface area (TPSA) is 12.0 Å². The number of hydrogen-bond acceptors (Lipinski definition) is 1. The summed E-state index contributed by atoms with van der Waals surface area (Å²) in [5.74, 6) is 0. The fraction of sp³-hybridized carbons (Fsp3) is 0.333. The monoisotopic (exact) mass is 289 g/mol. The molecule has 0 aromatic heterocycles. The van der Waals surface area contributed by atoms with Gasteiger partial charge in [0.05, 0.1) is 0 Å². The van der Waals surface area contributed by atoms with Crippen molar-refractivity contribution in [1.82, 2.24) is 5.32 Å². The van der Waals surface area contributed by atoms with E-state index in [0.29, 0.717) is 0 Å². The Balaban J connectivity index is 1.90. The van der Waals surface area contributed by atoms with Crippen LogP contribution in [-0.4, -0.2) is 6.04 Å². The lowest BCUT2D eigenvalue weighted by molar-refractivity contribution is 0.338. The Morgan fingerprint density at radius 3 is 2.53 bits per heavy atom. The molecule has 0 bridgehead atoms. The number of nitrogens with one attached hydrogen (secondary N) is 1. The molecule has 0 atom stereocenters. The van der Waals surface area contributed by atoms with Gasteiger partial charge in [-0.05, 0) is 35.2 Å². The van der Waals surface area contributed by atoms with Crippen molar-refractivity contribution >= 4 is 26.7 Å². The van der Waals surface area contributed by atoms with E-state index in [1.165, 1.54) is 40.1 Å². The van der Waals surface area contributed by atoms with Crippen LogP contribution in [0.25, 0.3) is 10.8 Å². The summed E-state index contributed by atoms with van der Waals surface area (Å²) in [4.78, 5) is 0. The van der Waals surface area contributed by atoms with Crippen LogP contribution in [-0.2, 0) is 6.54 Å². The number of benzene rings is 2. The summed E-state index contributed by atoms with van der Waals surface area (Å²) in [5, 5.41) is 6.29. The smallest absolute Gasteiger partial charge is 0.0253 e. The third kappa shape index (κ3) is 2.24. The van der Waals surface area contributed by atoms with Gasteiger partial charge in [0.2, 0.25) is 0 Å². The lowest BCUT2D eigenvalue weighted by Crippen LogP contribution is -2.34. The summed E-state index contributed by atoms with van der Waals surface area (Å²) >= 11 is 3.62. The van der Waals surface area contributed by atoms with Crippen LogP contribution in [0.4, 0.5) is 0 Å².